The second-order valence-corrected chi connectivity index (χ2v) is 5.99. The first-order valence-electron chi connectivity index (χ1n) is 7.36. The minimum Gasteiger partial charge on any atom is -0.497 e. The molecule has 0 spiro atoms. The van der Waals surface area contributed by atoms with Crippen molar-refractivity contribution in [1.82, 2.24) is 14.6 Å². The van der Waals surface area contributed by atoms with Crippen LogP contribution < -0.4 is 4.74 Å². The molecule has 0 saturated carbocycles. The van der Waals surface area contributed by atoms with Gasteiger partial charge in [0.05, 0.1) is 24.9 Å². The summed E-state index contributed by atoms with van der Waals surface area (Å²) in [6, 6.07) is 7.61. The van der Waals surface area contributed by atoms with Crippen LogP contribution in [0.2, 0.25) is 0 Å². The number of esters is 1. The highest BCUT2D eigenvalue weighted by molar-refractivity contribution is 7.19. The molecule has 0 fully saturated rings. The lowest BCUT2D eigenvalue weighted by molar-refractivity contribution is -0.134. The highest BCUT2D eigenvalue weighted by Gasteiger charge is 2.18. The Kier molecular flexibility index (Phi) is 4.94. The van der Waals surface area contributed by atoms with Crippen LogP contribution in [0.3, 0.4) is 0 Å². The van der Waals surface area contributed by atoms with Crippen LogP contribution in [0, 0.1) is 6.92 Å². The van der Waals surface area contributed by atoms with Gasteiger partial charge in [-0.15, -0.1) is 0 Å². The van der Waals surface area contributed by atoms with E-state index in [1.807, 2.05) is 31.2 Å². The Hall–Kier alpha value is -2.94. The number of hydrogen-bond donors (Lipinski definition) is 0. The fourth-order valence-electron chi connectivity index (χ4n) is 2.25. The zero-order valence-electron chi connectivity index (χ0n) is 13.9. The number of rotatable bonds is 6. The quantitative estimate of drug-likeness (QED) is 0.290. The summed E-state index contributed by atoms with van der Waals surface area (Å²) >= 11 is 1.45. The molecule has 0 aliphatic heterocycles. The molecule has 9 heteroatoms. The van der Waals surface area contributed by atoms with Crippen molar-refractivity contribution in [1.29, 1.82) is 0 Å². The van der Waals surface area contributed by atoms with Crippen molar-refractivity contribution in [3.05, 3.63) is 35.7 Å². The lowest BCUT2D eigenvalue weighted by atomic mass is 10.2. The van der Waals surface area contributed by atoms with Gasteiger partial charge in [0.1, 0.15) is 17.9 Å². The van der Waals surface area contributed by atoms with Crippen molar-refractivity contribution >= 4 is 28.7 Å². The molecular weight excluding hydrogens is 344 g/mol. The minimum atomic E-state index is -0.468. The molecule has 0 N–H and O–H groups in total. The van der Waals surface area contributed by atoms with E-state index in [2.05, 4.69) is 20.1 Å². The molecule has 0 aliphatic rings. The normalized spacial score (nSPS) is 11.2. The van der Waals surface area contributed by atoms with Crippen molar-refractivity contribution in [2.75, 3.05) is 14.2 Å². The van der Waals surface area contributed by atoms with Crippen molar-refractivity contribution in [2.45, 2.75) is 13.3 Å². The number of carbonyl (C=O) groups is 1. The van der Waals surface area contributed by atoms with Crippen LogP contribution >= 0.6 is 11.3 Å². The van der Waals surface area contributed by atoms with Gasteiger partial charge in [-0.05, 0) is 31.2 Å². The first-order valence-corrected chi connectivity index (χ1v) is 8.18. The van der Waals surface area contributed by atoms with Crippen molar-refractivity contribution in [2.24, 2.45) is 5.16 Å². The van der Waals surface area contributed by atoms with Gasteiger partial charge in [-0.25, -0.2) is 9.50 Å². The molecule has 0 radical (unpaired) electrons. The van der Waals surface area contributed by atoms with Crippen LogP contribution in [0.25, 0.3) is 15.5 Å². The Morgan fingerprint density at radius 2 is 2.08 bits per heavy atom. The van der Waals surface area contributed by atoms with Crippen molar-refractivity contribution in [3.63, 3.8) is 0 Å². The van der Waals surface area contributed by atoms with Crippen molar-refractivity contribution < 1.29 is 19.1 Å². The SMILES string of the molecule is CON=COC(=O)Cc1c(C)nc2sc(-c3ccc(OC)cc3)nn12. The number of fused-ring (bicyclic) bond motifs is 1. The summed E-state index contributed by atoms with van der Waals surface area (Å²) in [6.45, 7) is 1.83. The fraction of sp³-hybridized carbons (Fsp3) is 0.250. The lowest BCUT2D eigenvalue weighted by Gasteiger charge is -2.01. The van der Waals surface area contributed by atoms with E-state index in [9.17, 15) is 4.79 Å². The Bertz CT molecular complexity index is 914. The Morgan fingerprint density at radius 1 is 1.32 bits per heavy atom. The number of carbonyl (C=O) groups excluding carboxylic acids is 1. The number of imidazole rings is 1. The molecule has 2 heterocycles. The third kappa shape index (κ3) is 3.61. The van der Waals surface area contributed by atoms with Gasteiger partial charge in [0, 0.05) is 5.56 Å². The van der Waals surface area contributed by atoms with Gasteiger partial charge in [-0.1, -0.05) is 16.5 Å². The van der Waals surface area contributed by atoms with Crippen LogP contribution in [0.1, 0.15) is 11.4 Å². The van der Waals surface area contributed by atoms with Gasteiger partial charge in [0.2, 0.25) is 11.4 Å². The molecule has 130 valence electrons. The molecule has 25 heavy (non-hydrogen) atoms. The van der Waals surface area contributed by atoms with E-state index in [0.29, 0.717) is 5.69 Å². The number of ether oxygens (including phenoxy) is 2. The largest absolute Gasteiger partial charge is 0.497 e. The van der Waals surface area contributed by atoms with Gasteiger partial charge in [-0.2, -0.15) is 5.10 Å². The van der Waals surface area contributed by atoms with Crippen LogP contribution in [0.4, 0.5) is 0 Å². The second-order valence-electron chi connectivity index (χ2n) is 5.03. The van der Waals surface area contributed by atoms with E-state index in [1.165, 1.54) is 18.4 Å². The number of oxime groups is 1. The number of methoxy groups -OCH3 is 1. The van der Waals surface area contributed by atoms with Crippen LogP contribution in [0.15, 0.2) is 29.4 Å². The third-order valence-electron chi connectivity index (χ3n) is 3.48. The topological polar surface area (TPSA) is 87.3 Å². The second kappa shape index (κ2) is 7.31. The molecular formula is C16H16N4O4S. The molecule has 8 nitrogen and oxygen atoms in total. The van der Waals surface area contributed by atoms with E-state index in [4.69, 9.17) is 9.47 Å². The summed E-state index contributed by atoms with van der Waals surface area (Å²) in [7, 11) is 2.99. The smallest absolute Gasteiger partial charge is 0.318 e. The summed E-state index contributed by atoms with van der Waals surface area (Å²) in [5.74, 6) is 0.312. The molecule has 0 bridgehead atoms. The summed E-state index contributed by atoms with van der Waals surface area (Å²) < 4.78 is 11.7. The molecule has 0 saturated heterocycles. The molecule has 2 aromatic heterocycles. The Morgan fingerprint density at radius 3 is 2.76 bits per heavy atom. The first kappa shape index (κ1) is 16.9. The predicted octanol–water partition coefficient (Wildman–Crippen LogP) is 2.45. The van der Waals surface area contributed by atoms with Gasteiger partial charge in [-0.3, -0.25) is 4.79 Å². The van der Waals surface area contributed by atoms with Crippen molar-refractivity contribution in [3.8, 4) is 16.3 Å². The highest BCUT2D eigenvalue weighted by Crippen LogP contribution is 2.28. The maximum absolute atomic E-state index is 11.9. The van der Waals surface area contributed by atoms with Crippen LogP contribution in [-0.2, 0) is 20.8 Å². The Labute approximate surface area is 147 Å². The summed E-state index contributed by atoms with van der Waals surface area (Å²) in [6.07, 6.45) is 0.994. The van der Waals surface area contributed by atoms with Crippen LogP contribution in [-0.4, -0.2) is 41.2 Å². The van der Waals surface area contributed by atoms with Gasteiger partial charge >= 0.3 is 5.97 Å². The first-order chi connectivity index (χ1) is 12.1. The standard InChI is InChI=1S/C16H16N4O4S/c1-10-13(8-14(21)24-9-17-23-3)20-16(18-10)25-15(19-20)11-4-6-12(22-2)7-5-11/h4-7,9H,8H2,1-3H3. The zero-order valence-corrected chi connectivity index (χ0v) is 14.7. The van der Waals surface area contributed by atoms with E-state index in [1.54, 1.807) is 11.6 Å². The molecule has 1 aromatic carbocycles. The van der Waals surface area contributed by atoms with E-state index in [-0.39, 0.29) is 6.42 Å². The monoisotopic (exact) mass is 360 g/mol. The molecule has 0 amide bonds. The number of benzene rings is 1. The lowest BCUT2D eigenvalue weighted by Crippen LogP contribution is -2.10. The summed E-state index contributed by atoms with van der Waals surface area (Å²) in [4.78, 5) is 21.5. The number of aromatic nitrogens is 3. The molecule has 0 unspecified atom stereocenters. The van der Waals surface area contributed by atoms with Gasteiger partial charge in [0.25, 0.3) is 0 Å². The minimum absolute atomic E-state index is 0.0362. The average molecular weight is 360 g/mol. The molecule has 3 aromatic rings. The van der Waals surface area contributed by atoms with E-state index in [0.717, 1.165) is 33.4 Å². The zero-order chi connectivity index (χ0) is 17.8. The predicted molar refractivity (Wildman–Crippen MR) is 92.9 cm³/mol. The molecule has 3 rings (SSSR count). The van der Waals surface area contributed by atoms with Gasteiger partial charge < -0.3 is 14.3 Å². The maximum Gasteiger partial charge on any atom is 0.318 e. The van der Waals surface area contributed by atoms with Gasteiger partial charge in [0.15, 0.2) is 0 Å². The summed E-state index contributed by atoms with van der Waals surface area (Å²) in [5, 5.41) is 8.75. The van der Waals surface area contributed by atoms with Crippen LogP contribution in [0.5, 0.6) is 5.75 Å². The van der Waals surface area contributed by atoms with E-state index < -0.39 is 5.97 Å². The number of hydrogen-bond acceptors (Lipinski definition) is 8. The number of nitrogens with zero attached hydrogens (tertiary/aromatic N) is 4. The maximum atomic E-state index is 11.9. The Balaban J connectivity index is 1.86. The molecule has 0 atom stereocenters. The summed E-state index contributed by atoms with van der Waals surface area (Å²) in [5.41, 5.74) is 2.37. The number of aryl methyl sites for hydroxylation is 1. The third-order valence-corrected chi connectivity index (χ3v) is 4.44. The fourth-order valence-corrected chi connectivity index (χ4v) is 3.22. The molecule has 0 aliphatic carbocycles. The average Bonchev–Trinajstić information content (AvgIpc) is 3.14. The van der Waals surface area contributed by atoms with E-state index >= 15 is 0 Å². The highest BCUT2D eigenvalue weighted by atomic mass is 32.1.